The summed E-state index contributed by atoms with van der Waals surface area (Å²) in [6, 6.07) is 6.39. The molecule has 0 spiro atoms. The highest BCUT2D eigenvalue weighted by Gasteiger charge is 2.09. The second kappa shape index (κ2) is 5.31. The van der Waals surface area contributed by atoms with Gasteiger partial charge in [-0.15, -0.1) is 0 Å². The lowest BCUT2D eigenvalue weighted by molar-refractivity contribution is -0.384. The van der Waals surface area contributed by atoms with Crippen molar-refractivity contribution < 1.29 is 4.92 Å². The Hall–Kier alpha value is -2.37. The van der Waals surface area contributed by atoms with Gasteiger partial charge in [-0.25, -0.2) is 4.98 Å². The van der Waals surface area contributed by atoms with Crippen molar-refractivity contribution >= 4 is 11.4 Å². The number of hydrogen-bond donors (Lipinski definition) is 1. The van der Waals surface area contributed by atoms with E-state index in [1.807, 2.05) is 10.8 Å². The van der Waals surface area contributed by atoms with Crippen molar-refractivity contribution in [2.75, 3.05) is 5.32 Å². The largest absolute Gasteiger partial charge is 0.365 e. The van der Waals surface area contributed by atoms with Crippen LogP contribution in [0.1, 0.15) is 19.5 Å². The molecule has 0 amide bonds. The van der Waals surface area contributed by atoms with Gasteiger partial charge in [-0.2, -0.15) is 0 Å². The van der Waals surface area contributed by atoms with E-state index < -0.39 is 4.92 Å². The molecule has 2 aromatic rings. The molecule has 0 aliphatic heterocycles. The molecule has 0 aliphatic rings. The Morgan fingerprint density at radius 3 is 2.67 bits per heavy atom. The zero-order valence-electron chi connectivity index (χ0n) is 9.98. The highest BCUT2D eigenvalue weighted by Crippen LogP contribution is 2.19. The normalized spacial score (nSPS) is 12.1. The molecule has 1 heterocycles. The van der Waals surface area contributed by atoms with Gasteiger partial charge in [-0.3, -0.25) is 10.1 Å². The molecular formula is C12H14N4O2. The van der Waals surface area contributed by atoms with Crippen LogP contribution in [0.3, 0.4) is 0 Å². The summed E-state index contributed by atoms with van der Waals surface area (Å²) in [6.07, 6.45) is 6.32. The quantitative estimate of drug-likeness (QED) is 0.650. The van der Waals surface area contributed by atoms with Gasteiger partial charge in [0.2, 0.25) is 0 Å². The van der Waals surface area contributed by atoms with Gasteiger partial charge in [0.15, 0.2) is 0 Å². The molecule has 0 aliphatic carbocycles. The SMILES string of the molecule is CCC(Nc1ccc([N+](=O)[O-])cc1)n1ccnc1. The van der Waals surface area contributed by atoms with E-state index >= 15 is 0 Å². The van der Waals surface area contributed by atoms with Crippen LogP contribution in [0.2, 0.25) is 0 Å². The molecule has 0 saturated heterocycles. The maximum absolute atomic E-state index is 10.6. The molecule has 6 heteroatoms. The number of hydrogen-bond acceptors (Lipinski definition) is 4. The van der Waals surface area contributed by atoms with Crippen LogP contribution in [0.15, 0.2) is 43.0 Å². The number of nitro groups is 1. The minimum atomic E-state index is -0.406. The van der Waals surface area contributed by atoms with Crippen LogP contribution in [0.4, 0.5) is 11.4 Å². The van der Waals surface area contributed by atoms with Gasteiger partial charge >= 0.3 is 0 Å². The number of nitro benzene ring substituents is 1. The number of anilines is 1. The van der Waals surface area contributed by atoms with Crippen LogP contribution in [0.25, 0.3) is 0 Å². The number of imidazole rings is 1. The van der Waals surface area contributed by atoms with Crippen molar-refractivity contribution in [1.29, 1.82) is 0 Å². The fourth-order valence-electron chi connectivity index (χ4n) is 1.71. The lowest BCUT2D eigenvalue weighted by Gasteiger charge is -2.19. The van der Waals surface area contributed by atoms with Crippen molar-refractivity contribution in [3.63, 3.8) is 0 Å². The maximum Gasteiger partial charge on any atom is 0.269 e. The molecule has 1 aromatic carbocycles. The minimum absolute atomic E-state index is 0.0916. The smallest absolute Gasteiger partial charge is 0.269 e. The van der Waals surface area contributed by atoms with Gasteiger partial charge in [-0.05, 0) is 18.6 Å². The first-order valence-corrected chi connectivity index (χ1v) is 5.69. The van der Waals surface area contributed by atoms with Crippen molar-refractivity contribution in [2.24, 2.45) is 0 Å². The second-order valence-corrected chi connectivity index (χ2v) is 3.88. The summed E-state index contributed by atoms with van der Waals surface area (Å²) in [7, 11) is 0. The lowest BCUT2D eigenvalue weighted by atomic mass is 10.2. The number of aromatic nitrogens is 2. The molecule has 1 aromatic heterocycles. The topological polar surface area (TPSA) is 73.0 Å². The first-order chi connectivity index (χ1) is 8.70. The molecular weight excluding hydrogens is 232 g/mol. The number of nitrogens with zero attached hydrogens (tertiary/aromatic N) is 3. The van der Waals surface area contributed by atoms with Gasteiger partial charge in [0.1, 0.15) is 6.17 Å². The van der Waals surface area contributed by atoms with Gasteiger partial charge < -0.3 is 9.88 Å². The van der Waals surface area contributed by atoms with Crippen molar-refractivity contribution in [1.82, 2.24) is 9.55 Å². The molecule has 1 unspecified atom stereocenters. The molecule has 0 radical (unpaired) electrons. The fourth-order valence-corrected chi connectivity index (χ4v) is 1.71. The van der Waals surface area contributed by atoms with E-state index in [1.165, 1.54) is 12.1 Å². The molecule has 6 nitrogen and oxygen atoms in total. The molecule has 94 valence electrons. The zero-order valence-corrected chi connectivity index (χ0v) is 9.98. The summed E-state index contributed by atoms with van der Waals surface area (Å²) < 4.78 is 1.96. The third kappa shape index (κ3) is 2.65. The van der Waals surface area contributed by atoms with Crippen molar-refractivity contribution in [3.05, 3.63) is 53.1 Å². The Labute approximate surface area is 104 Å². The lowest BCUT2D eigenvalue weighted by Crippen LogP contribution is -2.15. The standard InChI is InChI=1S/C12H14N4O2/c1-2-12(15-8-7-13-9-15)14-10-3-5-11(6-4-10)16(17)18/h3-9,12,14H,2H2,1H3. The third-order valence-electron chi connectivity index (χ3n) is 2.68. The van der Waals surface area contributed by atoms with Gasteiger partial charge in [0.05, 0.1) is 11.3 Å². The predicted octanol–water partition coefficient (Wildman–Crippen LogP) is 2.81. The molecule has 2 rings (SSSR count). The predicted molar refractivity (Wildman–Crippen MR) is 68.3 cm³/mol. The molecule has 0 bridgehead atoms. The second-order valence-electron chi connectivity index (χ2n) is 3.88. The van der Waals surface area contributed by atoms with E-state index in [9.17, 15) is 10.1 Å². The first-order valence-electron chi connectivity index (χ1n) is 5.69. The molecule has 1 N–H and O–H groups in total. The Morgan fingerprint density at radius 1 is 1.44 bits per heavy atom. The third-order valence-corrected chi connectivity index (χ3v) is 2.68. The maximum atomic E-state index is 10.6. The first kappa shape index (κ1) is 12.1. The van der Waals surface area contributed by atoms with Crippen LogP contribution in [0, 0.1) is 10.1 Å². The zero-order chi connectivity index (χ0) is 13.0. The van der Waals surface area contributed by atoms with E-state index in [0.717, 1.165) is 12.1 Å². The minimum Gasteiger partial charge on any atom is -0.365 e. The Bertz CT molecular complexity index is 507. The number of nitrogens with one attached hydrogen (secondary N) is 1. The van der Waals surface area contributed by atoms with E-state index in [2.05, 4.69) is 17.2 Å². The summed E-state index contributed by atoms with van der Waals surface area (Å²) in [5, 5.41) is 13.8. The number of rotatable bonds is 5. The van der Waals surface area contributed by atoms with Gasteiger partial charge in [-0.1, -0.05) is 6.92 Å². The summed E-state index contributed by atoms with van der Waals surface area (Å²) in [6.45, 7) is 2.06. The Balaban J connectivity index is 2.10. The van der Waals surface area contributed by atoms with Crippen molar-refractivity contribution in [3.8, 4) is 0 Å². The Kier molecular flexibility index (Phi) is 3.57. The summed E-state index contributed by atoms with van der Waals surface area (Å²) in [4.78, 5) is 14.1. The number of benzene rings is 1. The molecule has 0 fully saturated rings. The van der Waals surface area contributed by atoms with Crippen LogP contribution in [0.5, 0.6) is 0 Å². The van der Waals surface area contributed by atoms with E-state index in [-0.39, 0.29) is 11.9 Å². The van der Waals surface area contributed by atoms with Gasteiger partial charge in [0, 0.05) is 30.2 Å². The van der Waals surface area contributed by atoms with Crippen LogP contribution < -0.4 is 5.32 Å². The number of non-ortho nitro benzene ring substituents is 1. The highest BCUT2D eigenvalue weighted by atomic mass is 16.6. The summed E-state index contributed by atoms with van der Waals surface area (Å²) in [5.74, 6) is 0. The molecule has 0 saturated carbocycles. The van der Waals surface area contributed by atoms with Gasteiger partial charge in [0.25, 0.3) is 5.69 Å². The average molecular weight is 246 g/mol. The van der Waals surface area contributed by atoms with E-state index in [4.69, 9.17) is 0 Å². The van der Waals surface area contributed by atoms with Crippen LogP contribution >= 0.6 is 0 Å². The van der Waals surface area contributed by atoms with E-state index in [1.54, 1.807) is 24.7 Å². The average Bonchev–Trinajstić information content (AvgIpc) is 2.90. The van der Waals surface area contributed by atoms with Crippen LogP contribution in [-0.4, -0.2) is 14.5 Å². The monoisotopic (exact) mass is 246 g/mol. The highest BCUT2D eigenvalue weighted by molar-refractivity contribution is 5.48. The molecule has 1 atom stereocenters. The fraction of sp³-hybridized carbons (Fsp3) is 0.250. The van der Waals surface area contributed by atoms with Crippen molar-refractivity contribution in [2.45, 2.75) is 19.5 Å². The van der Waals surface area contributed by atoms with Crippen LogP contribution in [-0.2, 0) is 0 Å². The molecule has 18 heavy (non-hydrogen) atoms. The Morgan fingerprint density at radius 2 is 2.17 bits per heavy atom. The summed E-state index contributed by atoms with van der Waals surface area (Å²) >= 11 is 0. The summed E-state index contributed by atoms with van der Waals surface area (Å²) in [5.41, 5.74) is 0.942. The van der Waals surface area contributed by atoms with E-state index in [0.29, 0.717) is 0 Å².